The van der Waals surface area contributed by atoms with Crippen molar-refractivity contribution in [1.29, 1.82) is 0 Å². The number of hydrogen-bond donors (Lipinski definition) is 1. The minimum Gasteiger partial charge on any atom is -0.475 e. The van der Waals surface area contributed by atoms with E-state index in [0.717, 1.165) is 43.5 Å². The minimum atomic E-state index is -5.08. The van der Waals surface area contributed by atoms with Gasteiger partial charge in [-0.2, -0.15) is 13.2 Å². The summed E-state index contributed by atoms with van der Waals surface area (Å²) in [5, 5.41) is 8.26. The highest BCUT2D eigenvalue weighted by Gasteiger charge is 2.38. The van der Waals surface area contributed by atoms with E-state index in [2.05, 4.69) is 48.0 Å². The van der Waals surface area contributed by atoms with E-state index >= 15 is 0 Å². The van der Waals surface area contributed by atoms with E-state index < -0.39 is 12.1 Å². The van der Waals surface area contributed by atoms with E-state index in [9.17, 15) is 13.2 Å². The highest BCUT2D eigenvalue weighted by atomic mass is 32.1. The van der Waals surface area contributed by atoms with Crippen LogP contribution in [0.5, 0.6) is 0 Å². The molecular weight excluding hydrogens is 381 g/mol. The Morgan fingerprint density at radius 3 is 2.37 bits per heavy atom. The normalized spacial score (nSPS) is 15.1. The van der Waals surface area contributed by atoms with Crippen LogP contribution in [-0.2, 0) is 16.1 Å². The third kappa shape index (κ3) is 6.30. The zero-order valence-electron chi connectivity index (χ0n) is 15.0. The third-order valence-electron chi connectivity index (χ3n) is 3.91. The molecule has 0 unspecified atom stereocenters. The molecule has 148 valence electrons. The number of aryl methyl sites for hydroxylation is 2. The Bertz CT molecular complexity index is 771. The van der Waals surface area contributed by atoms with Crippen LogP contribution in [0.1, 0.15) is 16.3 Å². The Hall–Kier alpha value is -1.97. The Morgan fingerprint density at radius 2 is 1.85 bits per heavy atom. The molecule has 1 fully saturated rings. The van der Waals surface area contributed by atoms with Crippen LogP contribution in [0.2, 0.25) is 0 Å². The molecule has 2 aromatic rings. The lowest BCUT2D eigenvalue weighted by Gasteiger charge is -2.27. The summed E-state index contributed by atoms with van der Waals surface area (Å²) in [7, 11) is 0. The maximum absolute atomic E-state index is 10.6. The molecule has 1 saturated heterocycles. The second kappa shape index (κ2) is 9.29. The predicted molar refractivity (Wildman–Crippen MR) is 96.8 cm³/mol. The van der Waals surface area contributed by atoms with Crippen LogP contribution in [0.3, 0.4) is 0 Å². The summed E-state index contributed by atoms with van der Waals surface area (Å²) in [6.45, 7) is 8.91. The van der Waals surface area contributed by atoms with E-state index in [1.54, 1.807) is 11.3 Å². The molecule has 0 radical (unpaired) electrons. The summed E-state index contributed by atoms with van der Waals surface area (Å²) in [4.78, 5) is 17.2. The number of hydrogen-bond acceptors (Lipinski definition) is 5. The van der Waals surface area contributed by atoms with Crippen LogP contribution in [0.25, 0.3) is 10.4 Å². The molecule has 0 atom stereocenters. The number of alkyl halides is 3. The summed E-state index contributed by atoms with van der Waals surface area (Å²) in [5.74, 6) is -2.76. The molecule has 5 nitrogen and oxygen atoms in total. The van der Waals surface area contributed by atoms with E-state index in [0.29, 0.717) is 0 Å². The standard InChI is InChI=1S/C16H20N2OS.C2HF3O2/c1-12-16(20-13(2)17-12)15-6-4-3-5-14(15)11-18-7-9-19-10-8-18;3-2(4,5)1(6)7/h3-6H,7-11H2,1-2H3;(H,6,7). The summed E-state index contributed by atoms with van der Waals surface area (Å²) < 4.78 is 37.2. The van der Waals surface area contributed by atoms with Gasteiger partial charge in [-0.05, 0) is 25.0 Å². The Morgan fingerprint density at radius 1 is 1.26 bits per heavy atom. The average molecular weight is 402 g/mol. The van der Waals surface area contributed by atoms with Gasteiger partial charge in [-0.3, -0.25) is 4.90 Å². The highest BCUT2D eigenvalue weighted by Crippen LogP contribution is 2.32. The largest absolute Gasteiger partial charge is 0.490 e. The first-order valence-electron chi connectivity index (χ1n) is 8.31. The molecule has 0 aliphatic carbocycles. The molecule has 27 heavy (non-hydrogen) atoms. The zero-order chi connectivity index (χ0) is 20.0. The maximum atomic E-state index is 10.6. The second-order valence-corrected chi connectivity index (χ2v) is 7.20. The van der Waals surface area contributed by atoms with Gasteiger partial charge < -0.3 is 9.84 Å². The maximum Gasteiger partial charge on any atom is 0.490 e. The Kier molecular flexibility index (Phi) is 7.34. The zero-order valence-corrected chi connectivity index (χ0v) is 15.9. The number of nitrogens with zero attached hydrogens (tertiary/aromatic N) is 2. The van der Waals surface area contributed by atoms with Crippen LogP contribution in [0.4, 0.5) is 13.2 Å². The van der Waals surface area contributed by atoms with Gasteiger partial charge in [-0.15, -0.1) is 11.3 Å². The van der Waals surface area contributed by atoms with Crippen molar-refractivity contribution in [1.82, 2.24) is 9.88 Å². The van der Waals surface area contributed by atoms with Crippen LogP contribution in [0.15, 0.2) is 24.3 Å². The van der Waals surface area contributed by atoms with Gasteiger partial charge in [0.2, 0.25) is 0 Å². The van der Waals surface area contributed by atoms with Gasteiger partial charge >= 0.3 is 12.1 Å². The number of rotatable bonds is 3. The molecule has 0 spiro atoms. The lowest BCUT2D eigenvalue weighted by molar-refractivity contribution is -0.192. The van der Waals surface area contributed by atoms with Crippen molar-refractivity contribution in [3.8, 4) is 10.4 Å². The Balaban J connectivity index is 0.000000321. The molecule has 0 amide bonds. The lowest BCUT2D eigenvalue weighted by atomic mass is 10.0. The number of halogens is 3. The SMILES string of the molecule is Cc1nc(C)c(-c2ccccc2CN2CCOCC2)s1.O=C(O)C(F)(F)F. The highest BCUT2D eigenvalue weighted by molar-refractivity contribution is 7.15. The van der Waals surface area contributed by atoms with Crippen molar-refractivity contribution in [3.63, 3.8) is 0 Å². The van der Waals surface area contributed by atoms with Gasteiger partial charge in [0, 0.05) is 19.6 Å². The van der Waals surface area contributed by atoms with Gasteiger partial charge in [-0.1, -0.05) is 24.3 Å². The third-order valence-corrected chi connectivity index (χ3v) is 5.01. The minimum absolute atomic E-state index is 0.848. The summed E-state index contributed by atoms with van der Waals surface area (Å²) >= 11 is 1.79. The van der Waals surface area contributed by atoms with E-state index in [1.807, 2.05) is 0 Å². The van der Waals surface area contributed by atoms with E-state index in [4.69, 9.17) is 14.6 Å². The van der Waals surface area contributed by atoms with Gasteiger partial charge in [0.1, 0.15) is 0 Å². The fourth-order valence-electron chi connectivity index (χ4n) is 2.66. The number of aromatic nitrogens is 1. The molecule has 0 saturated carbocycles. The smallest absolute Gasteiger partial charge is 0.475 e. The van der Waals surface area contributed by atoms with Crippen molar-refractivity contribution in [2.45, 2.75) is 26.6 Å². The molecule has 1 aliphatic heterocycles. The van der Waals surface area contributed by atoms with Crippen LogP contribution < -0.4 is 0 Å². The number of carbonyl (C=O) groups is 1. The number of thiazole rings is 1. The van der Waals surface area contributed by atoms with Gasteiger partial charge in [0.15, 0.2) is 0 Å². The average Bonchev–Trinajstić information content (AvgIpc) is 2.94. The molecule has 2 heterocycles. The monoisotopic (exact) mass is 402 g/mol. The van der Waals surface area contributed by atoms with Gasteiger partial charge in [-0.25, -0.2) is 9.78 Å². The van der Waals surface area contributed by atoms with Gasteiger partial charge in [0.25, 0.3) is 0 Å². The summed E-state index contributed by atoms with van der Waals surface area (Å²) in [5.41, 5.74) is 3.87. The van der Waals surface area contributed by atoms with E-state index in [1.165, 1.54) is 16.0 Å². The van der Waals surface area contributed by atoms with Gasteiger partial charge in [0.05, 0.1) is 28.8 Å². The first-order valence-corrected chi connectivity index (χ1v) is 9.12. The van der Waals surface area contributed by atoms with Crippen molar-refractivity contribution < 1.29 is 27.8 Å². The van der Waals surface area contributed by atoms with Crippen molar-refractivity contribution in [2.75, 3.05) is 26.3 Å². The summed E-state index contributed by atoms with van der Waals surface area (Å²) in [6.07, 6.45) is -5.08. The number of ether oxygens (including phenoxy) is 1. The number of benzene rings is 1. The van der Waals surface area contributed by atoms with E-state index in [-0.39, 0.29) is 0 Å². The van der Waals surface area contributed by atoms with Crippen molar-refractivity contribution in [3.05, 3.63) is 40.5 Å². The fourth-order valence-corrected chi connectivity index (χ4v) is 3.64. The predicted octanol–water partition coefficient (Wildman–Crippen LogP) is 3.89. The van der Waals surface area contributed by atoms with Crippen LogP contribution >= 0.6 is 11.3 Å². The lowest BCUT2D eigenvalue weighted by Crippen LogP contribution is -2.35. The number of morpholine rings is 1. The fraction of sp³-hybridized carbons (Fsp3) is 0.444. The number of carboxylic acids is 1. The molecule has 1 aromatic heterocycles. The van der Waals surface area contributed by atoms with Crippen LogP contribution in [-0.4, -0.2) is 53.4 Å². The molecule has 1 aliphatic rings. The van der Waals surface area contributed by atoms with Crippen molar-refractivity contribution >= 4 is 17.3 Å². The first kappa shape index (κ1) is 21.3. The second-order valence-electron chi connectivity index (χ2n) is 6.00. The number of carboxylic acid groups (broad SMARTS) is 1. The molecule has 9 heteroatoms. The number of aliphatic carboxylic acids is 1. The topological polar surface area (TPSA) is 62.7 Å². The molecule has 1 N–H and O–H groups in total. The van der Waals surface area contributed by atoms with Crippen LogP contribution in [0, 0.1) is 13.8 Å². The first-order chi connectivity index (χ1) is 12.7. The molecule has 0 bridgehead atoms. The summed E-state index contributed by atoms with van der Waals surface area (Å²) in [6, 6.07) is 8.70. The van der Waals surface area contributed by atoms with Crippen molar-refractivity contribution in [2.24, 2.45) is 0 Å². The molecule has 1 aromatic carbocycles. The Labute approximate surface area is 159 Å². The quantitative estimate of drug-likeness (QED) is 0.844. The molecular formula is C18H21F3N2O3S. The molecule has 3 rings (SSSR count).